The predicted octanol–water partition coefficient (Wildman–Crippen LogP) is 0.367. The van der Waals surface area contributed by atoms with Crippen LogP contribution in [-0.4, -0.2) is 21.9 Å². The van der Waals surface area contributed by atoms with Crippen molar-refractivity contribution in [2.45, 2.75) is 6.42 Å². The molecule has 0 radical (unpaired) electrons. The summed E-state index contributed by atoms with van der Waals surface area (Å²) in [6.07, 6.45) is 0.415. The summed E-state index contributed by atoms with van der Waals surface area (Å²) in [6.45, 7) is 0.0363. The molecule has 0 aliphatic carbocycles. The van der Waals surface area contributed by atoms with E-state index in [2.05, 4.69) is 26.1 Å². The van der Waals surface area contributed by atoms with Crippen LogP contribution < -0.4 is 0 Å². The van der Waals surface area contributed by atoms with E-state index in [0.29, 0.717) is 17.1 Å². The zero-order valence-electron chi connectivity index (χ0n) is 4.54. The molecule has 0 atom stereocenters. The van der Waals surface area contributed by atoms with Gasteiger partial charge in [0.2, 0.25) is 5.89 Å². The van der Waals surface area contributed by atoms with E-state index in [1.165, 1.54) is 0 Å². The Morgan fingerprint density at radius 2 is 2.33 bits per heavy atom. The van der Waals surface area contributed by atoms with Crippen molar-refractivity contribution in [2.24, 2.45) is 0 Å². The van der Waals surface area contributed by atoms with Gasteiger partial charge in [0, 0.05) is 22.4 Å². The van der Waals surface area contributed by atoms with Gasteiger partial charge in [-0.15, -0.1) is 10.2 Å². The van der Waals surface area contributed by atoms with Crippen molar-refractivity contribution in [2.75, 3.05) is 6.61 Å². The van der Waals surface area contributed by atoms with E-state index in [-0.39, 0.29) is 6.61 Å². The summed E-state index contributed by atoms with van der Waals surface area (Å²) >= 11 is 2.98. The molecule has 0 aliphatic heterocycles. The zero-order chi connectivity index (χ0) is 6.69. The maximum Gasteiger partial charge on any atom is 0.284 e. The van der Waals surface area contributed by atoms with Gasteiger partial charge < -0.3 is 9.52 Å². The standard InChI is InChI=1S/C4H5BrN2O2/c5-4-7-6-3(9-4)1-2-8/h8H,1-2H2. The molecule has 0 spiro atoms. The van der Waals surface area contributed by atoms with Gasteiger partial charge in [-0.2, -0.15) is 0 Å². The number of hydrogen-bond acceptors (Lipinski definition) is 4. The molecular formula is C4H5BrN2O2. The largest absolute Gasteiger partial charge is 0.416 e. The molecule has 0 aromatic carbocycles. The fraction of sp³-hybridized carbons (Fsp3) is 0.500. The van der Waals surface area contributed by atoms with Crippen LogP contribution in [-0.2, 0) is 6.42 Å². The lowest BCUT2D eigenvalue weighted by atomic mass is 10.5. The Bertz CT molecular complexity index is 188. The van der Waals surface area contributed by atoms with E-state index in [9.17, 15) is 0 Å². The molecule has 1 heterocycles. The molecule has 5 heteroatoms. The molecule has 1 aromatic rings. The van der Waals surface area contributed by atoms with Crippen molar-refractivity contribution >= 4 is 15.9 Å². The first-order valence-electron chi connectivity index (χ1n) is 2.41. The second-order valence-electron chi connectivity index (χ2n) is 1.42. The summed E-state index contributed by atoms with van der Waals surface area (Å²) in [5.41, 5.74) is 0. The number of nitrogens with zero attached hydrogens (tertiary/aromatic N) is 2. The number of rotatable bonds is 2. The quantitative estimate of drug-likeness (QED) is 0.736. The fourth-order valence-electron chi connectivity index (χ4n) is 0.430. The molecule has 0 amide bonds. The van der Waals surface area contributed by atoms with Crippen LogP contribution in [0.5, 0.6) is 0 Å². The topological polar surface area (TPSA) is 59.2 Å². The van der Waals surface area contributed by atoms with Gasteiger partial charge in [-0.3, -0.25) is 0 Å². The summed E-state index contributed by atoms with van der Waals surface area (Å²) in [5.74, 6) is 0.448. The second kappa shape index (κ2) is 2.93. The van der Waals surface area contributed by atoms with Crippen LogP contribution in [0.3, 0.4) is 0 Å². The van der Waals surface area contributed by atoms with Gasteiger partial charge in [0.05, 0.1) is 6.61 Å². The van der Waals surface area contributed by atoms with Crippen molar-refractivity contribution in [3.63, 3.8) is 0 Å². The highest BCUT2D eigenvalue weighted by Gasteiger charge is 1.99. The third-order valence-electron chi connectivity index (χ3n) is 0.768. The molecule has 0 bridgehead atoms. The summed E-state index contributed by atoms with van der Waals surface area (Å²) in [6, 6.07) is 0. The Balaban J connectivity index is 2.61. The third-order valence-corrected chi connectivity index (χ3v) is 1.09. The van der Waals surface area contributed by atoms with Crippen LogP contribution in [0, 0.1) is 0 Å². The number of hydrogen-bond donors (Lipinski definition) is 1. The van der Waals surface area contributed by atoms with E-state index in [1.54, 1.807) is 0 Å². The van der Waals surface area contributed by atoms with Crippen LogP contribution in [0.15, 0.2) is 9.22 Å². The van der Waals surface area contributed by atoms with Gasteiger partial charge in [-0.25, -0.2) is 0 Å². The van der Waals surface area contributed by atoms with Crippen molar-refractivity contribution in [1.82, 2.24) is 10.2 Å². The number of halogens is 1. The van der Waals surface area contributed by atoms with Crippen molar-refractivity contribution in [1.29, 1.82) is 0 Å². The Labute approximate surface area is 60.0 Å². The van der Waals surface area contributed by atoms with Gasteiger partial charge in [0.25, 0.3) is 4.80 Å². The van der Waals surface area contributed by atoms with Gasteiger partial charge in [0.15, 0.2) is 0 Å². The minimum absolute atomic E-state index is 0.0363. The first kappa shape index (κ1) is 6.70. The van der Waals surface area contributed by atoms with Crippen LogP contribution in [0.4, 0.5) is 0 Å². The molecule has 0 saturated carbocycles. The lowest BCUT2D eigenvalue weighted by molar-refractivity contribution is 0.284. The van der Waals surface area contributed by atoms with Crippen LogP contribution >= 0.6 is 15.9 Å². The number of aliphatic hydroxyl groups excluding tert-OH is 1. The number of aromatic nitrogens is 2. The molecule has 1 rings (SSSR count). The molecule has 0 aliphatic rings. The van der Waals surface area contributed by atoms with Crippen LogP contribution in [0.25, 0.3) is 0 Å². The van der Waals surface area contributed by atoms with Gasteiger partial charge in [0.1, 0.15) is 0 Å². The molecule has 9 heavy (non-hydrogen) atoms. The molecular weight excluding hydrogens is 188 g/mol. The minimum atomic E-state index is 0.0363. The SMILES string of the molecule is OCCc1nnc(Br)o1. The predicted molar refractivity (Wildman–Crippen MR) is 32.8 cm³/mol. The molecule has 0 saturated heterocycles. The Morgan fingerprint density at radius 1 is 1.56 bits per heavy atom. The van der Waals surface area contributed by atoms with E-state index >= 15 is 0 Å². The Kier molecular flexibility index (Phi) is 2.18. The molecule has 0 unspecified atom stereocenters. The van der Waals surface area contributed by atoms with Crippen LogP contribution in [0.2, 0.25) is 0 Å². The Hall–Kier alpha value is -0.420. The summed E-state index contributed by atoms with van der Waals surface area (Å²) in [5, 5.41) is 15.5. The lowest BCUT2D eigenvalue weighted by Gasteiger charge is -1.82. The molecule has 1 N–H and O–H groups in total. The average Bonchev–Trinajstić information content (AvgIpc) is 2.17. The summed E-state index contributed by atoms with van der Waals surface area (Å²) < 4.78 is 4.86. The molecule has 4 nitrogen and oxygen atoms in total. The van der Waals surface area contributed by atoms with Gasteiger partial charge in [-0.05, 0) is 0 Å². The summed E-state index contributed by atoms with van der Waals surface area (Å²) in [7, 11) is 0. The van der Waals surface area contributed by atoms with Crippen LogP contribution in [0.1, 0.15) is 5.89 Å². The number of aliphatic hydroxyl groups is 1. The highest BCUT2D eigenvalue weighted by molar-refractivity contribution is 9.10. The Morgan fingerprint density at radius 3 is 2.78 bits per heavy atom. The van der Waals surface area contributed by atoms with E-state index < -0.39 is 0 Å². The highest BCUT2D eigenvalue weighted by atomic mass is 79.9. The monoisotopic (exact) mass is 192 g/mol. The van der Waals surface area contributed by atoms with E-state index in [4.69, 9.17) is 9.52 Å². The highest BCUT2D eigenvalue weighted by Crippen LogP contribution is 2.06. The second-order valence-corrected chi connectivity index (χ2v) is 2.10. The zero-order valence-corrected chi connectivity index (χ0v) is 6.13. The van der Waals surface area contributed by atoms with Gasteiger partial charge in [-0.1, -0.05) is 0 Å². The van der Waals surface area contributed by atoms with Crippen molar-refractivity contribution in [3.8, 4) is 0 Å². The van der Waals surface area contributed by atoms with Crippen molar-refractivity contribution in [3.05, 3.63) is 10.7 Å². The molecule has 0 fully saturated rings. The first-order chi connectivity index (χ1) is 4.33. The average molecular weight is 193 g/mol. The van der Waals surface area contributed by atoms with E-state index in [1.807, 2.05) is 0 Å². The molecule has 1 aromatic heterocycles. The summed E-state index contributed by atoms with van der Waals surface area (Å²) in [4.78, 5) is 0.353. The normalized spacial score (nSPS) is 10.0. The van der Waals surface area contributed by atoms with E-state index in [0.717, 1.165) is 0 Å². The smallest absolute Gasteiger partial charge is 0.284 e. The lowest BCUT2D eigenvalue weighted by Crippen LogP contribution is -1.89. The maximum absolute atomic E-state index is 8.39. The molecule has 50 valence electrons. The minimum Gasteiger partial charge on any atom is -0.416 e. The third kappa shape index (κ3) is 1.76. The first-order valence-corrected chi connectivity index (χ1v) is 3.21. The van der Waals surface area contributed by atoms with Crippen molar-refractivity contribution < 1.29 is 9.52 Å². The fourth-order valence-corrected chi connectivity index (χ4v) is 0.696. The van der Waals surface area contributed by atoms with Gasteiger partial charge >= 0.3 is 0 Å². The maximum atomic E-state index is 8.39.